The normalized spacial score (nSPS) is 13.7. The predicted molar refractivity (Wildman–Crippen MR) is 69.5 cm³/mol. The van der Waals surface area contributed by atoms with Crippen molar-refractivity contribution >= 4 is 23.3 Å². The number of amides is 1. The van der Waals surface area contributed by atoms with Crippen molar-refractivity contribution in [2.24, 2.45) is 0 Å². The Kier molecular flexibility index (Phi) is 5.42. The summed E-state index contributed by atoms with van der Waals surface area (Å²) in [5.74, 6) is -5.30. The van der Waals surface area contributed by atoms with Crippen LogP contribution in [0.5, 0.6) is 0 Å². The molecule has 124 valence electrons. The highest BCUT2D eigenvalue weighted by molar-refractivity contribution is 7.98. The zero-order chi connectivity index (χ0) is 17.3. The third kappa shape index (κ3) is 4.55. The minimum Gasteiger partial charge on any atom is -0.323 e. The van der Waals surface area contributed by atoms with E-state index >= 15 is 0 Å². The van der Waals surface area contributed by atoms with Crippen LogP contribution in [0.25, 0.3) is 0 Å². The van der Waals surface area contributed by atoms with Crippen molar-refractivity contribution < 1.29 is 41.6 Å². The van der Waals surface area contributed by atoms with E-state index in [-0.39, 0.29) is 5.06 Å². The van der Waals surface area contributed by atoms with Crippen molar-refractivity contribution in [1.29, 1.82) is 0 Å². The van der Waals surface area contributed by atoms with E-state index in [2.05, 4.69) is 0 Å². The van der Waals surface area contributed by atoms with Crippen LogP contribution >= 0.6 is 7.60 Å². The molecule has 12 heteroatoms. The Hall–Kier alpha value is -1.39. The Bertz CT molecular complexity index is 711. The predicted octanol–water partition coefficient (Wildman–Crippen LogP) is 0.404. The Morgan fingerprint density at radius 1 is 1.27 bits per heavy atom. The van der Waals surface area contributed by atoms with Crippen molar-refractivity contribution in [1.82, 2.24) is 5.06 Å². The van der Waals surface area contributed by atoms with Crippen LogP contribution in [-0.2, 0) is 19.2 Å². The minimum absolute atomic E-state index is 0.0829. The average Bonchev–Trinajstić information content (AvgIpc) is 2.23. The Balaban J connectivity index is 3.42. The fraction of sp³-hybridized carbons (Fsp3) is 0.300. The molecular formula is C10H12F2NO7PS. The molecule has 1 aromatic carbocycles. The number of hydrogen-bond donors (Lipinski definition) is 3. The second-order valence-corrected chi connectivity index (χ2v) is 8.50. The summed E-state index contributed by atoms with van der Waals surface area (Å²) >= 11 is 0. The van der Waals surface area contributed by atoms with Gasteiger partial charge in [-0.2, -0.15) is 0 Å². The molecule has 0 saturated carbocycles. The Labute approximate surface area is 124 Å². The number of benzene rings is 1. The van der Waals surface area contributed by atoms with Crippen LogP contribution in [0.15, 0.2) is 18.2 Å². The van der Waals surface area contributed by atoms with Gasteiger partial charge in [0, 0.05) is 13.1 Å². The molecule has 0 aliphatic carbocycles. The number of halogens is 2. The first-order valence-corrected chi connectivity index (χ1v) is 8.92. The topological polar surface area (TPSA) is 132 Å². The van der Waals surface area contributed by atoms with E-state index in [0.29, 0.717) is 18.2 Å². The molecule has 0 heterocycles. The van der Waals surface area contributed by atoms with Gasteiger partial charge in [-0.3, -0.25) is 14.6 Å². The molecular weight excluding hydrogens is 347 g/mol. The van der Waals surface area contributed by atoms with Crippen molar-refractivity contribution in [3.63, 3.8) is 0 Å². The summed E-state index contributed by atoms with van der Waals surface area (Å²) in [7, 11) is -9.47. The van der Waals surface area contributed by atoms with Gasteiger partial charge in [0.1, 0.15) is 17.4 Å². The first kappa shape index (κ1) is 18.7. The number of nitrogens with zero attached hydrogens (tertiary/aromatic N) is 1. The summed E-state index contributed by atoms with van der Waals surface area (Å²) in [6, 6.07) is 1.27. The van der Waals surface area contributed by atoms with E-state index in [9.17, 15) is 36.3 Å². The lowest BCUT2D eigenvalue weighted by Crippen LogP contribution is -2.32. The van der Waals surface area contributed by atoms with Gasteiger partial charge in [0.05, 0.1) is 0 Å². The van der Waals surface area contributed by atoms with Gasteiger partial charge >= 0.3 is 7.60 Å². The summed E-state index contributed by atoms with van der Waals surface area (Å²) in [6.07, 6.45) is 0. The lowest BCUT2D eigenvalue weighted by molar-refractivity contribution is -0.156. The molecule has 0 radical (unpaired) electrons. The molecule has 1 atom stereocenters. The van der Waals surface area contributed by atoms with Crippen molar-refractivity contribution in [2.75, 3.05) is 12.8 Å². The van der Waals surface area contributed by atoms with Gasteiger partial charge in [0.25, 0.3) is 5.91 Å². The van der Waals surface area contributed by atoms with Crippen LogP contribution in [0.1, 0.15) is 10.6 Å². The third-order valence-corrected chi connectivity index (χ3v) is 6.80. The van der Waals surface area contributed by atoms with Gasteiger partial charge in [-0.25, -0.2) is 22.3 Å². The summed E-state index contributed by atoms with van der Waals surface area (Å²) in [4.78, 5) is 27.0. The Morgan fingerprint density at radius 2 is 1.73 bits per heavy atom. The molecule has 8 nitrogen and oxygen atoms in total. The highest BCUT2D eigenvalue weighted by Crippen LogP contribution is 2.55. The molecule has 0 bridgehead atoms. The zero-order valence-electron chi connectivity index (χ0n) is 11.0. The van der Waals surface area contributed by atoms with E-state index in [0.717, 1.165) is 7.05 Å². The quantitative estimate of drug-likeness (QED) is 0.394. The second kappa shape index (κ2) is 6.39. The van der Waals surface area contributed by atoms with Crippen LogP contribution in [0.4, 0.5) is 8.78 Å². The molecule has 1 unspecified atom stereocenters. The van der Waals surface area contributed by atoms with E-state index in [1.165, 1.54) is 0 Å². The summed E-state index contributed by atoms with van der Waals surface area (Å²) in [5.41, 5.74) is -0.834. The van der Waals surface area contributed by atoms with Crippen LogP contribution in [0.3, 0.4) is 0 Å². The van der Waals surface area contributed by atoms with Crippen LogP contribution < -0.4 is 0 Å². The number of hydroxylamine groups is 2. The van der Waals surface area contributed by atoms with Gasteiger partial charge in [-0.05, 0) is 17.7 Å². The van der Waals surface area contributed by atoms with Gasteiger partial charge in [0.15, 0.2) is 14.8 Å². The summed E-state index contributed by atoms with van der Waals surface area (Å²) in [5, 5.41) is 8.75. The molecule has 0 fully saturated rings. The van der Waals surface area contributed by atoms with Gasteiger partial charge in [-0.15, -0.1) is 0 Å². The minimum atomic E-state index is -5.42. The van der Waals surface area contributed by atoms with Crippen molar-refractivity contribution in [3.05, 3.63) is 35.4 Å². The van der Waals surface area contributed by atoms with E-state index in [1.807, 2.05) is 0 Å². The Morgan fingerprint density at radius 3 is 2.09 bits per heavy atom. The van der Waals surface area contributed by atoms with Crippen molar-refractivity contribution in [2.45, 2.75) is 4.99 Å². The molecule has 0 spiro atoms. The van der Waals surface area contributed by atoms with Crippen LogP contribution in [-0.4, -0.2) is 47.2 Å². The number of sulfone groups is 1. The van der Waals surface area contributed by atoms with Crippen LogP contribution in [0.2, 0.25) is 0 Å². The molecule has 0 aliphatic rings. The fourth-order valence-corrected chi connectivity index (χ4v) is 5.35. The van der Waals surface area contributed by atoms with Crippen molar-refractivity contribution in [3.8, 4) is 0 Å². The zero-order valence-corrected chi connectivity index (χ0v) is 12.8. The molecule has 22 heavy (non-hydrogen) atoms. The second-order valence-electron chi connectivity index (χ2n) is 4.37. The maximum atomic E-state index is 13.2. The number of carbonyl (C=O) groups is 1. The highest BCUT2D eigenvalue weighted by Gasteiger charge is 2.43. The van der Waals surface area contributed by atoms with Gasteiger partial charge in [0.2, 0.25) is 0 Å². The molecule has 0 aromatic heterocycles. The molecule has 3 N–H and O–H groups in total. The maximum absolute atomic E-state index is 13.2. The monoisotopic (exact) mass is 359 g/mol. The molecule has 0 aliphatic heterocycles. The van der Waals surface area contributed by atoms with E-state index in [1.54, 1.807) is 0 Å². The third-order valence-electron chi connectivity index (χ3n) is 2.50. The fourth-order valence-electron chi connectivity index (χ4n) is 1.67. The van der Waals surface area contributed by atoms with Gasteiger partial charge < -0.3 is 9.79 Å². The lowest BCUT2D eigenvalue weighted by Gasteiger charge is -2.20. The highest BCUT2D eigenvalue weighted by atomic mass is 32.2. The molecule has 0 saturated heterocycles. The standard InChI is InChI=1S/C10H12F2NO7PS/c1-13(15)9(14)5-22(19,20)10(21(16,17)18)6-2-7(11)4-8(12)3-6/h2-4,10,15H,5H2,1H3,(H2,16,17,18). The first-order chi connectivity index (χ1) is 9.84. The lowest BCUT2D eigenvalue weighted by atomic mass is 10.2. The average molecular weight is 359 g/mol. The number of hydrogen-bond acceptors (Lipinski definition) is 5. The summed E-state index contributed by atoms with van der Waals surface area (Å²) < 4.78 is 61.8. The smallest absolute Gasteiger partial charge is 0.323 e. The van der Waals surface area contributed by atoms with Gasteiger partial charge in [-0.1, -0.05) is 0 Å². The SMILES string of the molecule is CN(O)C(=O)CS(=O)(=O)C(c1cc(F)cc(F)c1)P(=O)(O)O. The first-order valence-electron chi connectivity index (χ1n) is 5.53. The van der Waals surface area contributed by atoms with E-state index < -0.39 is 51.3 Å². The number of carbonyl (C=O) groups excluding carboxylic acids is 1. The largest absolute Gasteiger partial charge is 0.348 e. The molecule has 1 aromatic rings. The number of rotatable bonds is 5. The van der Waals surface area contributed by atoms with Crippen LogP contribution in [0, 0.1) is 11.6 Å². The van der Waals surface area contributed by atoms with E-state index in [4.69, 9.17) is 5.21 Å². The molecule has 1 rings (SSSR count). The summed E-state index contributed by atoms with van der Waals surface area (Å²) in [6.45, 7) is 0. The molecule has 1 amide bonds. The maximum Gasteiger partial charge on any atom is 0.348 e.